The first kappa shape index (κ1) is 15.7. The lowest BCUT2D eigenvalue weighted by Crippen LogP contribution is -2.39. The summed E-state index contributed by atoms with van der Waals surface area (Å²) in [7, 11) is 0. The molecule has 114 valence electrons. The number of nitro groups is 1. The van der Waals surface area contributed by atoms with Crippen molar-refractivity contribution in [2.75, 3.05) is 0 Å². The van der Waals surface area contributed by atoms with Crippen molar-refractivity contribution in [2.45, 2.75) is 52.4 Å². The van der Waals surface area contributed by atoms with Gasteiger partial charge in [-0.2, -0.15) is 0 Å². The van der Waals surface area contributed by atoms with Crippen LogP contribution in [0, 0.1) is 16.0 Å². The van der Waals surface area contributed by atoms with Crippen LogP contribution in [0.1, 0.15) is 39.2 Å². The SMILES string of the molecule is CC1=C(C)C[C@H]([N+](=O)[O-])[C@@H]([C@H](C)OCc2ccccc2)C1. The topological polar surface area (TPSA) is 52.4 Å². The highest BCUT2D eigenvalue weighted by Gasteiger charge is 2.39. The van der Waals surface area contributed by atoms with E-state index in [9.17, 15) is 10.1 Å². The van der Waals surface area contributed by atoms with Crippen molar-refractivity contribution in [3.8, 4) is 0 Å². The van der Waals surface area contributed by atoms with Gasteiger partial charge in [-0.25, -0.2) is 0 Å². The number of allylic oxidation sites excluding steroid dienone is 1. The number of benzene rings is 1. The van der Waals surface area contributed by atoms with Crippen LogP contribution in [-0.4, -0.2) is 17.1 Å². The average Bonchev–Trinajstić information content (AvgIpc) is 2.48. The Morgan fingerprint density at radius 1 is 1.24 bits per heavy atom. The van der Waals surface area contributed by atoms with E-state index in [2.05, 4.69) is 6.92 Å². The first-order chi connectivity index (χ1) is 9.99. The largest absolute Gasteiger partial charge is 0.373 e. The molecule has 1 aromatic rings. The van der Waals surface area contributed by atoms with E-state index < -0.39 is 6.04 Å². The fourth-order valence-electron chi connectivity index (χ4n) is 2.94. The summed E-state index contributed by atoms with van der Waals surface area (Å²) in [6.07, 6.45) is 1.18. The molecule has 0 saturated carbocycles. The van der Waals surface area contributed by atoms with Crippen LogP contribution in [0.4, 0.5) is 0 Å². The van der Waals surface area contributed by atoms with Gasteiger partial charge in [-0.05, 0) is 32.8 Å². The molecule has 0 amide bonds. The number of hydrogen-bond donors (Lipinski definition) is 0. The van der Waals surface area contributed by atoms with Crippen molar-refractivity contribution in [1.29, 1.82) is 0 Å². The van der Waals surface area contributed by atoms with Crippen LogP contribution in [0.5, 0.6) is 0 Å². The second kappa shape index (κ2) is 6.85. The minimum atomic E-state index is -0.528. The Morgan fingerprint density at radius 2 is 1.86 bits per heavy atom. The van der Waals surface area contributed by atoms with Gasteiger partial charge in [0.1, 0.15) is 0 Å². The molecule has 0 bridgehead atoms. The second-order valence-corrected chi connectivity index (χ2v) is 5.99. The molecule has 4 heteroatoms. The van der Waals surface area contributed by atoms with Gasteiger partial charge >= 0.3 is 0 Å². The van der Waals surface area contributed by atoms with E-state index >= 15 is 0 Å². The molecule has 1 aromatic carbocycles. The van der Waals surface area contributed by atoms with Gasteiger partial charge < -0.3 is 4.74 Å². The van der Waals surface area contributed by atoms with Crippen LogP contribution < -0.4 is 0 Å². The van der Waals surface area contributed by atoms with Crippen molar-refractivity contribution in [2.24, 2.45) is 5.92 Å². The monoisotopic (exact) mass is 289 g/mol. The Morgan fingerprint density at radius 3 is 2.48 bits per heavy atom. The van der Waals surface area contributed by atoms with Crippen LogP contribution in [-0.2, 0) is 11.3 Å². The molecule has 1 aliphatic carbocycles. The van der Waals surface area contributed by atoms with Gasteiger partial charge in [-0.15, -0.1) is 0 Å². The predicted octanol–water partition coefficient (Wildman–Crippen LogP) is 3.98. The Balaban J connectivity index is 2.02. The van der Waals surface area contributed by atoms with Gasteiger partial charge in [0.2, 0.25) is 6.04 Å². The lowest BCUT2D eigenvalue weighted by molar-refractivity contribution is -0.535. The van der Waals surface area contributed by atoms with E-state index in [4.69, 9.17) is 4.74 Å². The summed E-state index contributed by atoms with van der Waals surface area (Å²) in [5.41, 5.74) is 3.53. The standard InChI is InChI=1S/C17H23NO3/c1-12-9-16(17(18(19)20)10-13(12)2)14(3)21-11-15-7-5-4-6-8-15/h4-8,14,16-17H,9-11H2,1-3H3/t14-,16+,17-/m0/s1. The first-order valence-corrected chi connectivity index (χ1v) is 7.43. The van der Waals surface area contributed by atoms with E-state index in [0.29, 0.717) is 13.0 Å². The molecule has 1 aliphatic rings. The first-order valence-electron chi connectivity index (χ1n) is 7.43. The molecule has 0 unspecified atom stereocenters. The van der Waals surface area contributed by atoms with Gasteiger partial charge in [0, 0.05) is 11.3 Å². The zero-order valence-corrected chi connectivity index (χ0v) is 12.9. The third-order valence-corrected chi connectivity index (χ3v) is 4.51. The zero-order valence-electron chi connectivity index (χ0n) is 12.9. The zero-order chi connectivity index (χ0) is 15.4. The summed E-state index contributed by atoms with van der Waals surface area (Å²) >= 11 is 0. The van der Waals surface area contributed by atoms with Crippen molar-refractivity contribution in [1.82, 2.24) is 0 Å². The minimum absolute atomic E-state index is 0.0487. The Hall–Kier alpha value is -1.68. The maximum absolute atomic E-state index is 11.3. The molecular weight excluding hydrogens is 266 g/mol. The summed E-state index contributed by atoms with van der Waals surface area (Å²) in [4.78, 5) is 11.2. The molecule has 2 rings (SSSR count). The van der Waals surface area contributed by atoms with Crippen molar-refractivity contribution < 1.29 is 9.66 Å². The van der Waals surface area contributed by atoms with Crippen LogP contribution >= 0.6 is 0 Å². The van der Waals surface area contributed by atoms with E-state index in [0.717, 1.165) is 17.6 Å². The van der Waals surface area contributed by atoms with E-state index in [1.54, 1.807) is 0 Å². The maximum Gasteiger partial charge on any atom is 0.222 e. The lowest BCUT2D eigenvalue weighted by atomic mass is 9.79. The molecule has 0 fully saturated rings. The van der Waals surface area contributed by atoms with Crippen molar-refractivity contribution >= 4 is 0 Å². The van der Waals surface area contributed by atoms with Crippen LogP contribution in [0.25, 0.3) is 0 Å². The van der Waals surface area contributed by atoms with Gasteiger partial charge in [0.05, 0.1) is 18.6 Å². The van der Waals surface area contributed by atoms with Gasteiger partial charge in [-0.1, -0.05) is 41.5 Å². The van der Waals surface area contributed by atoms with Crippen LogP contribution in [0.15, 0.2) is 41.5 Å². The lowest BCUT2D eigenvalue weighted by Gasteiger charge is -2.31. The Labute approximate surface area is 126 Å². The summed E-state index contributed by atoms with van der Waals surface area (Å²) in [5.74, 6) is -0.0487. The highest BCUT2D eigenvalue weighted by molar-refractivity contribution is 5.17. The molecule has 0 spiro atoms. The molecule has 4 nitrogen and oxygen atoms in total. The van der Waals surface area contributed by atoms with Gasteiger partial charge in [0.15, 0.2) is 0 Å². The summed E-state index contributed by atoms with van der Waals surface area (Å²) in [6, 6.07) is 9.40. The molecule has 3 atom stereocenters. The van der Waals surface area contributed by atoms with Gasteiger partial charge in [0.25, 0.3) is 0 Å². The van der Waals surface area contributed by atoms with Crippen LogP contribution in [0.3, 0.4) is 0 Å². The molecule has 0 aliphatic heterocycles. The van der Waals surface area contributed by atoms with E-state index in [1.165, 1.54) is 5.57 Å². The Bertz CT molecular complexity index is 524. The van der Waals surface area contributed by atoms with E-state index in [-0.39, 0.29) is 16.9 Å². The number of hydrogen-bond acceptors (Lipinski definition) is 3. The van der Waals surface area contributed by atoms with Gasteiger partial charge in [-0.3, -0.25) is 10.1 Å². The fraction of sp³-hybridized carbons (Fsp3) is 0.529. The molecule has 0 N–H and O–H groups in total. The smallest absolute Gasteiger partial charge is 0.222 e. The van der Waals surface area contributed by atoms with E-state index in [1.807, 2.05) is 44.2 Å². The maximum atomic E-state index is 11.3. The third kappa shape index (κ3) is 3.91. The summed E-state index contributed by atoms with van der Waals surface area (Å²) < 4.78 is 5.90. The molecule has 0 aromatic heterocycles. The number of nitrogens with zero attached hydrogens (tertiary/aromatic N) is 1. The third-order valence-electron chi connectivity index (χ3n) is 4.51. The van der Waals surface area contributed by atoms with Crippen molar-refractivity contribution in [3.63, 3.8) is 0 Å². The summed E-state index contributed by atoms with van der Waals surface area (Å²) in [6.45, 7) is 6.53. The molecule has 0 radical (unpaired) electrons. The number of rotatable bonds is 5. The fourth-order valence-corrected chi connectivity index (χ4v) is 2.94. The van der Waals surface area contributed by atoms with Crippen molar-refractivity contribution in [3.05, 3.63) is 57.2 Å². The number of ether oxygens (including phenoxy) is 1. The quantitative estimate of drug-likeness (QED) is 0.468. The highest BCUT2D eigenvalue weighted by Crippen LogP contribution is 2.34. The molecular formula is C17H23NO3. The second-order valence-electron chi connectivity index (χ2n) is 5.99. The molecule has 0 saturated heterocycles. The Kier molecular flexibility index (Phi) is 5.12. The van der Waals surface area contributed by atoms with Crippen LogP contribution in [0.2, 0.25) is 0 Å². The average molecular weight is 289 g/mol. The predicted molar refractivity (Wildman–Crippen MR) is 82.6 cm³/mol. The summed E-state index contributed by atoms with van der Waals surface area (Å²) in [5, 5.41) is 11.3. The highest BCUT2D eigenvalue weighted by atomic mass is 16.6. The normalized spacial score (nSPS) is 24.0. The molecule has 21 heavy (non-hydrogen) atoms. The minimum Gasteiger partial charge on any atom is -0.373 e. The molecule has 0 heterocycles.